The predicted octanol–water partition coefficient (Wildman–Crippen LogP) is 3.21. The summed E-state index contributed by atoms with van der Waals surface area (Å²) in [6.07, 6.45) is 0.667. The minimum atomic E-state index is -0.265. The molecular formula is C21H22N4O3. The van der Waals surface area contributed by atoms with Crippen LogP contribution in [0.2, 0.25) is 0 Å². The van der Waals surface area contributed by atoms with Gasteiger partial charge in [0.1, 0.15) is 11.5 Å². The highest BCUT2D eigenvalue weighted by molar-refractivity contribution is 5.92. The maximum absolute atomic E-state index is 12.3. The van der Waals surface area contributed by atoms with E-state index in [1.807, 2.05) is 48.5 Å². The summed E-state index contributed by atoms with van der Waals surface area (Å²) in [5, 5.41) is 14.0. The van der Waals surface area contributed by atoms with E-state index in [-0.39, 0.29) is 11.6 Å². The van der Waals surface area contributed by atoms with Gasteiger partial charge < -0.3 is 20.1 Å². The smallest absolute Gasteiger partial charge is 0.271 e. The van der Waals surface area contributed by atoms with Crippen molar-refractivity contribution in [2.24, 2.45) is 0 Å². The largest absolute Gasteiger partial charge is 0.497 e. The van der Waals surface area contributed by atoms with Crippen molar-refractivity contribution in [3.8, 4) is 11.5 Å². The summed E-state index contributed by atoms with van der Waals surface area (Å²) in [5.74, 6) is 1.87. The third-order valence-electron chi connectivity index (χ3n) is 4.13. The molecule has 144 valence electrons. The summed E-state index contributed by atoms with van der Waals surface area (Å²) < 4.78 is 10.4. The highest BCUT2D eigenvalue weighted by Gasteiger charge is 2.09. The number of anilines is 2. The van der Waals surface area contributed by atoms with Gasteiger partial charge >= 0.3 is 0 Å². The van der Waals surface area contributed by atoms with E-state index in [2.05, 4.69) is 20.8 Å². The van der Waals surface area contributed by atoms with Crippen molar-refractivity contribution in [3.63, 3.8) is 0 Å². The lowest BCUT2D eigenvalue weighted by Gasteiger charge is -2.09. The zero-order valence-electron chi connectivity index (χ0n) is 15.8. The van der Waals surface area contributed by atoms with Crippen LogP contribution in [0.5, 0.6) is 11.5 Å². The molecule has 0 fully saturated rings. The van der Waals surface area contributed by atoms with E-state index < -0.39 is 0 Å². The Morgan fingerprint density at radius 2 is 1.71 bits per heavy atom. The van der Waals surface area contributed by atoms with Crippen LogP contribution in [0.1, 0.15) is 16.1 Å². The Hall–Kier alpha value is -3.61. The van der Waals surface area contributed by atoms with Gasteiger partial charge in [-0.05, 0) is 54.4 Å². The van der Waals surface area contributed by atoms with Crippen molar-refractivity contribution in [1.29, 1.82) is 0 Å². The second-order valence-electron chi connectivity index (χ2n) is 5.98. The van der Waals surface area contributed by atoms with Gasteiger partial charge in [0, 0.05) is 12.2 Å². The molecule has 0 bridgehead atoms. The number of amides is 1. The Labute approximate surface area is 163 Å². The van der Waals surface area contributed by atoms with Gasteiger partial charge in [-0.1, -0.05) is 18.2 Å². The van der Waals surface area contributed by atoms with Gasteiger partial charge in [0.2, 0.25) is 0 Å². The monoisotopic (exact) mass is 378 g/mol. The molecule has 0 atom stereocenters. The number of ether oxygens (including phenoxy) is 2. The number of benzene rings is 2. The first-order chi connectivity index (χ1) is 13.7. The molecule has 0 aliphatic heterocycles. The average molecular weight is 378 g/mol. The topological polar surface area (TPSA) is 85.4 Å². The molecule has 28 heavy (non-hydrogen) atoms. The van der Waals surface area contributed by atoms with Crippen LogP contribution in [0.25, 0.3) is 0 Å². The molecule has 1 amide bonds. The molecule has 0 unspecified atom stereocenters. The van der Waals surface area contributed by atoms with Crippen LogP contribution in [-0.4, -0.2) is 36.9 Å². The predicted molar refractivity (Wildman–Crippen MR) is 107 cm³/mol. The second kappa shape index (κ2) is 9.36. The molecule has 3 rings (SSSR count). The van der Waals surface area contributed by atoms with E-state index in [0.717, 1.165) is 22.7 Å². The number of carbonyl (C=O) groups excluding carboxylic acids is 1. The minimum Gasteiger partial charge on any atom is -0.497 e. The number of methoxy groups -OCH3 is 2. The quantitative estimate of drug-likeness (QED) is 0.626. The molecule has 2 N–H and O–H groups in total. The number of rotatable bonds is 8. The third-order valence-corrected chi connectivity index (χ3v) is 4.13. The molecule has 1 heterocycles. The fraction of sp³-hybridized carbons (Fsp3) is 0.190. The number of hydrogen-bond acceptors (Lipinski definition) is 6. The number of hydrogen-bond donors (Lipinski definition) is 2. The Morgan fingerprint density at radius 1 is 0.929 bits per heavy atom. The lowest BCUT2D eigenvalue weighted by atomic mass is 10.1. The van der Waals surface area contributed by atoms with Crippen LogP contribution in [-0.2, 0) is 6.42 Å². The first kappa shape index (κ1) is 19.2. The van der Waals surface area contributed by atoms with Crippen LogP contribution in [0.3, 0.4) is 0 Å². The summed E-state index contributed by atoms with van der Waals surface area (Å²) in [4.78, 5) is 12.3. The average Bonchev–Trinajstić information content (AvgIpc) is 2.75. The molecule has 7 heteroatoms. The normalized spacial score (nSPS) is 10.2. The minimum absolute atomic E-state index is 0.264. The molecule has 0 spiro atoms. The first-order valence-electron chi connectivity index (χ1n) is 8.84. The van der Waals surface area contributed by atoms with Crippen LogP contribution >= 0.6 is 0 Å². The van der Waals surface area contributed by atoms with Gasteiger partial charge in [-0.3, -0.25) is 4.79 Å². The Balaban J connectivity index is 1.53. The standard InChI is InChI=1S/C21H22N4O3/c1-27-17-9-7-16(8-10-17)23-20-12-11-18(24-25-20)21(26)22-14-13-15-5-3-4-6-19(15)28-2/h3-12H,13-14H2,1-2H3,(H,22,26)(H,23,25). The van der Waals surface area contributed by atoms with Gasteiger partial charge in [0.25, 0.3) is 5.91 Å². The van der Waals surface area contributed by atoms with Crippen molar-refractivity contribution in [1.82, 2.24) is 15.5 Å². The van der Waals surface area contributed by atoms with E-state index >= 15 is 0 Å². The molecule has 0 radical (unpaired) electrons. The van der Waals surface area contributed by atoms with Gasteiger partial charge in [-0.15, -0.1) is 10.2 Å². The zero-order valence-corrected chi connectivity index (χ0v) is 15.8. The number of carbonyl (C=O) groups is 1. The molecule has 1 aromatic heterocycles. The van der Waals surface area contributed by atoms with Crippen LogP contribution in [0.4, 0.5) is 11.5 Å². The van der Waals surface area contributed by atoms with E-state index in [9.17, 15) is 4.79 Å². The maximum atomic E-state index is 12.3. The molecule has 0 saturated carbocycles. The van der Waals surface area contributed by atoms with Crippen molar-refractivity contribution in [2.75, 3.05) is 26.1 Å². The Bertz CT molecular complexity index is 912. The Kier molecular flexibility index (Phi) is 6.41. The number of aromatic nitrogens is 2. The SMILES string of the molecule is COc1ccc(Nc2ccc(C(=O)NCCc3ccccc3OC)nn2)cc1. The lowest BCUT2D eigenvalue weighted by molar-refractivity contribution is 0.0948. The molecular weight excluding hydrogens is 356 g/mol. The van der Waals surface area contributed by atoms with Gasteiger partial charge in [-0.25, -0.2) is 0 Å². The highest BCUT2D eigenvalue weighted by atomic mass is 16.5. The lowest BCUT2D eigenvalue weighted by Crippen LogP contribution is -2.26. The fourth-order valence-electron chi connectivity index (χ4n) is 2.65. The fourth-order valence-corrected chi connectivity index (χ4v) is 2.65. The van der Waals surface area contributed by atoms with E-state index in [1.165, 1.54) is 0 Å². The van der Waals surface area contributed by atoms with Gasteiger partial charge in [0.05, 0.1) is 14.2 Å². The van der Waals surface area contributed by atoms with Gasteiger partial charge in [-0.2, -0.15) is 0 Å². The van der Waals surface area contributed by atoms with Crippen LogP contribution in [0, 0.1) is 0 Å². The molecule has 0 aliphatic rings. The van der Waals surface area contributed by atoms with Crippen molar-refractivity contribution < 1.29 is 14.3 Å². The second-order valence-corrected chi connectivity index (χ2v) is 5.98. The van der Waals surface area contributed by atoms with Crippen LogP contribution in [0.15, 0.2) is 60.7 Å². The summed E-state index contributed by atoms with van der Waals surface area (Å²) in [6, 6.07) is 18.5. The summed E-state index contributed by atoms with van der Waals surface area (Å²) >= 11 is 0. The first-order valence-corrected chi connectivity index (χ1v) is 8.84. The number of nitrogens with one attached hydrogen (secondary N) is 2. The van der Waals surface area contributed by atoms with Crippen LogP contribution < -0.4 is 20.1 Å². The maximum Gasteiger partial charge on any atom is 0.271 e. The van der Waals surface area contributed by atoms with E-state index in [1.54, 1.807) is 26.4 Å². The number of nitrogens with zero attached hydrogens (tertiary/aromatic N) is 2. The van der Waals surface area contributed by atoms with E-state index in [0.29, 0.717) is 18.8 Å². The van der Waals surface area contributed by atoms with E-state index in [4.69, 9.17) is 9.47 Å². The molecule has 2 aromatic carbocycles. The third kappa shape index (κ3) is 4.97. The van der Waals surface area contributed by atoms with Gasteiger partial charge in [0.15, 0.2) is 11.5 Å². The summed E-state index contributed by atoms with van der Waals surface area (Å²) in [6.45, 7) is 0.479. The molecule has 0 saturated heterocycles. The molecule has 7 nitrogen and oxygen atoms in total. The van der Waals surface area contributed by atoms with Crippen molar-refractivity contribution >= 4 is 17.4 Å². The number of para-hydroxylation sites is 1. The van der Waals surface area contributed by atoms with Crippen molar-refractivity contribution in [3.05, 3.63) is 71.9 Å². The zero-order chi connectivity index (χ0) is 19.8. The Morgan fingerprint density at radius 3 is 2.39 bits per heavy atom. The molecule has 3 aromatic rings. The summed E-state index contributed by atoms with van der Waals surface area (Å²) in [7, 11) is 3.25. The summed E-state index contributed by atoms with van der Waals surface area (Å²) in [5.41, 5.74) is 2.15. The highest BCUT2D eigenvalue weighted by Crippen LogP contribution is 2.19. The van der Waals surface area contributed by atoms with Crippen molar-refractivity contribution in [2.45, 2.75) is 6.42 Å². The molecule has 0 aliphatic carbocycles.